The Hall–Kier alpha value is -1.69. The van der Waals surface area contributed by atoms with Gasteiger partial charge in [-0.25, -0.2) is 0 Å². The van der Waals surface area contributed by atoms with Crippen molar-refractivity contribution in [1.82, 2.24) is 4.90 Å². The first-order valence-electron chi connectivity index (χ1n) is 5.83. The third-order valence-electron chi connectivity index (χ3n) is 3.06. The van der Waals surface area contributed by atoms with Gasteiger partial charge in [0.15, 0.2) is 11.6 Å². The highest BCUT2D eigenvalue weighted by Crippen LogP contribution is 2.23. The number of nitrogens with zero attached hydrogens (tertiary/aromatic N) is 3. The predicted molar refractivity (Wildman–Crippen MR) is 77.0 cm³/mol. The molecule has 0 fully saturated rings. The molecule has 5 nitrogen and oxygen atoms in total. The van der Waals surface area contributed by atoms with Gasteiger partial charge < -0.3 is 4.90 Å². The van der Waals surface area contributed by atoms with Gasteiger partial charge in [-0.2, -0.15) is 5.01 Å². The maximum atomic E-state index is 12.2. The van der Waals surface area contributed by atoms with Crippen molar-refractivity contribution >= 4 is 39.1 Å². The molecule has 6 heteroatoms. The highest BCUT2D eigenvalue weighted by atomic mass is 79.9. The second kappa shape index (κ2) is 5.13. The lowest BCUT2D eigenvalue weighted by Crippen LogP contribution is -2.53. The molecule has 2 rings (SSSR count). The molecule has 0 bridgehead atoms. The molecule has 19 heavy (non-hydrogen) atoms. The summed E-state index contributed by atoms with van der Waals surface area (Å²) in [6.07, 6.45) is 0. The minimum atomic E-state index is -0.417. The van der Waals surface area contributed by atoms with Crippen LogP contribution in [0.5, 0.6) is 0 Å². The van der Waals surface area contributed by atoms with E-state index in [4.69, 9.17) is 0 Å². The number of amides is 1. The average Bonchev–Trinajstić information content (AvgIpc) is 2.37. The Morgan fingerprint density at radius 2 is 1.89 bits per heavy atom. The van der Waals surface area contributed by atoms with Crippen molar-refractivity contribution in [3.63, 3.8) is 0 Å². The Morgan fingerprint density at radius 1 is 1.32 bits per heavy atom. The maximum absolute atomic E-state index is 12.2. The van der Waals surface area contributed by atoms with Crippen molar-refractivity contribution in [2.45, 2.75) is 19.9 Å². The van der Waals surface area contributed by atoms with Crippen molar-refractivity contribution in [1.29, 1.82) is 0 Å². The summed E-state index contributed by atoms with van der Waals surface area (Å²) in [5.74, 6) is -0.0335. The van der Waals surface area contributed by atoms with Crippen molar-refractivity contribution in [2.75, 3.05) is 12.1 Å². The van der Waals surface area contributed by atoms with E-state index in [2.05, 4.69) is 21.0 Å². The van der Waals surface area contributed by atoms with Crippen LogP contribution >= 0.6 is 15.9 Å². The molecule has 1 aliphatic heterocycles. The Kier molecular flexibility index (Phi) is 3.71. The van der Waals surface area contributed by atoms with Crippen LogP contribution in [0.2, 0.25) is 0 Å². The van der Waals surface area contributed by atoms with E-state index in [-0.39, 0.29) is 17.5 Å². The number of rotatable bonds is 2. The van der Waals surface area contributed by atoms with Crippen LogP contribution in [0.25, 0.3) is 0 Å². The minimum absolute atomic E-state index is 0.158. The zero-order valence-corrected chi connectivity index (χ0v) is 12.5. The fourth-order valence-corrected chi connectivity index (χ4v) is 2.09. The number of Topliss-reactive ketones (excluding diaryl/α,β-unsaturated/α-hetero) is 1. The van der Waals surface area contributed by atoms with Crippen LogP contribution in [0, 0.1) is 0 Å². The summed E-state index contributed by atoms with van der Waals surface area (Å²) in [5.41, 5.74) is 0.645. The number of halogens is 1. The molecule has 0 spiro atoms. The fraction of sp³-hybridized carbons (Fsp3) is 0.308. The Morgan fingerprint density at radius 3 is 2.42 bits per heavy atom. The molecule has 1 atom stereocenters. The highest BCUT2D eigenvalue weighted by Gasteiger charge is 2.33. The van der Waals surface area contributed by atoms with Crippen LogP contribution in [0.3, 0.4) is 0 Å². The van der Waals surface area contributed by atoms with E-state index in [1.807, 2.05) is 12.1 Å². The number of hydrogen-bond donors (Lipinski definition) is 0. The van der Waals surface area contributed by atoms with Crippen LogP contribution < -0.4 is 5.01 Å². The molecule has 0 aromatic heterocycles. The fourth-order valence-electron chi connectivity index (χ4n) is 1.83. The van der Waals surface area contributed by atoms with E-state index in [1.54, 1.807) is 31.0 Å². The van der Waals surface area contributed by atoms with Gasteiger partial charge in [0.25, 0.3) is 5.91 Å². The summed E-state index contributed by atoms with van der Waals surface area (Å²) >= 11 is 3.34. The van der Waals surface area contributed by atoms with Crippen LogP contribution in [0.15, 0.2) is 33.8 Å². The van der Waals surface area contributed by atoms with Crippen molar-refractivity contribution in [2.24, 2.45) is 5.10 Å². The van der Waals surface area contributed by atoms with Crippen LogP contribution in [0.4, 0.5) is 5.69 Å². The normalized spacial score (nSPS) is 19.5. The number of amidine groups is 1. The number of hydrogen-bond acceptors (Lipinski definition) is 4. The van der Waals surface area contributed by atoms with Crippen molar-refractivity contribution in [3.8, 4) is 0 Å². The minimum Gasteiger partial charge on any atom is -0.343 e. The van der Waals surface area contributed by atoms with Crippen LogP contribution in [-0.4, -0.2) is 35.5 Å². The van der Waals surface area contributed by atoms with Gasteiger partial charge in [-0.05, 0) is 31.2 Å². The topological polar surface area (TPSA) is 53.0 Å². The van der Waals surface area contributed by atoms with Crippen molar-refractivity contribution in [3.05, 3.63) is 28.7 Å². The molecule has 0 aliphatic carbocycles. The van der Waals surface area contributed by atoms with Gasteiger partial charge in [-0.1, -0.05) is 15.9 Å². The number of benzene rings is 1. The number of anilines is 1. The lowest BCUT2D eigenvalue weighted by molar-refractivity contribution is -0.122. The number of ketones is 1. The lowest BCUT2D eigenvalue weighted by atomic mass is 10.2. The first-order chi connectivity index (χ1) is 8.91. The summed E-state index contributed by atoms with van der Waals surface area (Å²) in [7, 11) is 1.70. The van der Waals surface area contributed by atoms with E-state index in [0.29, 0.717) is 5.69 Å². The summed E-state index contributed by atoms with van der Waals surface area (Å²) < 4.78 is 0.918. The molecule has 100 valence electrons. The molecule has 0 saturated carbocycles. The van der Waals surface area contributed by atoms with Crippen LogP contribution in [0.1, 0.15) is 13.8 Å². The van der Waals surface area contributed by atoms with E-state index in [0.717, 1.165) is 4.47 Å². The molecular weight excluding hydrogens is 310 g/mol. The third-order valence-corrected chi connectivity index (χ3v) is 3.59. The summed E-state index contributed by atoms with van der Waals surface area (Å²) in [6, 6.07) is 6.80. The molecular formula is C13H14BrN3O2. The SMILES string of the molecule is CC(=O)C1=NN(c2ccc(Br)cc2)C(=O)C(C)N1C. The third kappa shape index (κ3) is 2.53. The zero-order chi connectivity index (χ0) is 14.2. The van der Waals surface area contributed by atoms with Gasteiger partial charge in [-0.15, -0.1) is 5.10 Å². The Balaban J connectivity index is 2.46. The zero-order valence-electron chi connectivity index (χ0n) is 10.9. The molecule has 1 unspecified atom stereocenters. The van der Waals surface area contributed by atoms with E-state index >= 15 is 0 Å². The second-order valence-corrected chi connectivity index (χ2v) is 5.31. The van der Waals surface area contributed by atoms with Crippen LogP contribution in [-0.2, 0) is 9.59 Å². The molecule has 0 saturated heterocycles. The highest BCUT2D eigenvalue weighted by molar-refractivity contribution is 9.10. The number of likely N-dealkylation sites (N-methyl/N-ethyl adjacent to an activating group) is 1. The Labute approximate surface area is 120 Å². The molecule has 1 aromatic carbocycles. The van der Waals surface area contributed by atoms with Gasteiger partial charge in [0.1, 0.15) is 6.04 Å². The maximum Gasteiger partial charge on any atom is 0.269 e. The van der Waals surface area contributed by atoms with Gasteiger partial charge in [-0.3, -0.25) is 9.59 Å². The van der Waals surface area contributed by atoms with Crippen molar-refractivity contribution < 1.29 is 9.59 Å². The van der Waals surface area contributed by atoms with Gasteiger partial charge in [0.05, 0.1) is 5.69 Å². The van der Waals surface area contributed by atoms with E-state index < -0.39 is 6.04 Å². The molecule has 0 radical (unpaired) electrons. The average molecular weight is 324 g/mol. The second-order valence-electron chi connectivity index (χ2n) is 4.39. The predicted octanol–water partition coefficient (Wildman–Crippen LogP) is 2.02. The van der Waals surface area contributed by atoms with Gasteiger partial charge in [0, 0.05) is 18.4 Å². The van der Waals surface area contributed by atoms with E-state index in [1.165, 1.54) is 11.9 Å². The number of carbonyl (C=O) groups excluding carboxylic acids is 2. The Bertz CT molecular complexity index is 554. The molecule has 0 N–H and O–H groups in total. The monoisotopic (exact) mass is 323 g/mol. The number of hydrazone groups is 1. The first-order valence-corrected chi connectivity index (χ1v) is 6.63. The smallest absolute Gasteiger partial charge is 0.269 e. The summed E-state index contributed by atoms with van der Waals surface area (Å²) in [6.45, 7) is 3.20. The summed E-state index contributed by atoms with van der Waals surface area (Å²) in [5, 5.41) is 5.44. The molecule has 1 amide bonds. The quantitative estimate of drug-likeness (QED) is 0.836. The number of carbonyl (C=O) groups is 2. The molecule has 1 aromatic rings. The standard InChI is InChI=1S/C13H14BrN3O2/c1-8-13(19)17(11-6-4-10(14)5-7-11)15-12(9(2)18)16(8)3/h4-8H,1-3H3. The lowest BCUT2D eigenvalue weighted by Gasteiger charge is -2.34. The van der Waals surface area contributed by atoms with Gasteiger partial charge >= 0.3 is 0 Å². The molecule has 1 aliphatic rings. The molecule has 1 heterocycles. The largest absolute Gasteiger partial charge is 0.343 e. The van der Waals surface area contributed by atoms with Gasteiger partial charge in [0.2, 0.25) is 0 Å². The van der Waals surface area contributed by atoms with E-state index in [9.17, 15) is 9.59 Å². The summed E-state index contributed by atoms with van der Waals surface area (Å²) in [4.78, 5) is 25.4. The first kappa shape index (κ1) is 13.7.